The lowest BCUT2D eigenvalue weighted by Gasteiger charge is -2.01. The van der Waals surface area contributed by atoms with Crippen molar-refractivity contribution in [2.24, 2.45) is 5.73 Å². The molecule has 2 aromatic rings. The minimum atomic E-state index is 0.713. The molecule has 2 rings (SSSR count). The topological polar surface area (TPSA) is 56.2 Å². The SMILES string of the molecule is NCCCc1cccc2ncnn12. The fourth-order valence-electron chi connectivity index (χ4n) is 1.37. The molecule has 0 saturated carbocycles. The van der Waals surface area contributed by atoms with E-state index in [4.69, 9.17) is 5.73 Å². The maximum atomic E-state index is 5.45. The zero-order valence-corrected chi connectivity index (χ0v) is 7.35. The second-order valence-corrected chi connectivity index (χ2v) is 2.94. The molecule has 13 heavy (non-hydrogen) atoms. The Morgan fingerprint density at radius 3 is 3.15 bits per heavy atom. The van der Waals surface area contributed by atoms with Crippen LogP contribution in [0.4, 0.5) is 0 Å². The molecule has 0 aromatic carbocycles. The Hall–Kier alpha value is -1.42. The highest BCUT2D eigenvalue weighted by molar-refractivity contribution is 5.37. The molecule has 0 aliphatic carbocycles. The molecule has 0 amide bonds. The largest absolute Gasteiger partial charge is 0.330 e. The molecule has 68 valence electrons. The van der Waals surface area contributed by atoms with E-state index in [0.29, 0.717) is 6.54 Å². The maximum Gasteiger partial charge on any atom is 0.155 e. The van der Waals surface area contributed by atoms with Crippen molar-refractivity contribution in [3.05, 3.63) is 30.2 Å². The molecular weight excluding hydrogens is 164 g/mol. The van der Waals surface area contributed by atoms with Gasteiger partial charge >= 0.3 is 0 Å². The van der Waals surface area contributed by atoms with Gasteiger partial charge in [-0.15, -0.1) is 0 Å². The molecule has 0 atom stereocenters. The van der Waals surface area contributed by atoms with E-state index in [1.165, 1.54) is 5.69 Å². The van der Waals surface area contributed by atoms with Crippen molar-refractivity contribution in [1.29, 1.82) is 0 Å². The lowest BCUT2D eigenvalue weighted by Crippen LogP contribution is -2.04. The van der Waals surface area contributed by atoms with Gasteiger partial charge in [0, 0.05) is 5.69 Å². The molecule has 0 fully saturated rings. The quantitative estimate of drug-likeness (QED) is 0.745. The molecule has 0 bridgehead atoms. The van der Waals surface area contributed by atoms with E-state index in [1.54, 1.807) is 6.33 Å². The average molecular weight is 176 g/mol. The van der Waals surface area contributed by atoms with Crippen molar-refractivity contribution in [2.45, 2.75) is 12.8 Å². The molecule has 2 N–H and O–H groups in total. The zero-order chi connectivity index (χ0) is 9.10. The van der Waals surface area contributed by atoms with Crippen LogP contribution < -0.4 is 5.73 Å². The highest BCUT2D eigenvalue weighted by atomic mass is 15.3. The van der Waals surface area contributed by atoms with Crippen molar-refractivity contribution in [2.75, 3.05) is 6.54 Å². The molecular formula is C9H12N4. The van der Waals surface area contributed by atoms with Gasteiger partial charge < -0.3 is 5.73 Å². The third-order valence-electron chi connectivity index (χ3n) is 2.02. The Labute approximate surface area is 76.4 Å². The number of fused-ring (bicyclic) bond motifs is 1. The van der Waals surface area contributed by atoms with E-state index in [9.17, 15) is 0 Å². The molecule has 0 spiro atoms. The Kier molecular flexibility index (Phi) is 2.23. The first-order valence-electron chi connectivity index (χ1n) is 4.39. The lowest BCUT2D eigenvalue weighted by atomic mass is 10.2. The van der Waals surface area contributed by atoms with Gasteiger partial charge in [0.15, 0.2) is 5.65 Å². The van der Waals surface area contributed by atoms with Crippen molar-refractivity contribution in [1.82, 2.24) is 14.6 Å². The third kappa shape index (κ3) is 1.53. The van der Waals surface area contributed by atoms with Gasteiger partial charge in [-0.1, -0.05) is 6.07 Å². The van der Waals surface area contributed by atoms with E-state index in [-0.39, 0.29) is 0 Å². The predicted octanol–water partition coefficient (Wildman–Crippen LogP) is 0.621. The molecule has 0 saturated heterocycles. The number of nitrogens with two attached hydrogens (primary N) is 1. The summed E-state index contributed by atoms with van der Waals surface area (Å²) in [6.45, 7) is 0.713. The second-order valence-electron chi connectivity index (χ2n) is 2.94. The van der Waals surface area contributed by atoms with Gasteiger partial charge in [-0.2, -0.15) is 5.10 Å². The first-order valence-corrected chi connectivity index (χ1v) is 4.39. The van der Waals surface area contributed by atoms with E-state index >= 15 is 0 Å². The van der Waals surface area contributed by atoms with Crippen LogP contribution in [-0.2, 0) is 6.42 Å². The van der Waals surface area contributed by atoms with Gasteiger partial charge in [-0.05, 0) is 31.5 Å². The highest BCUT2D eigenvalue weighted by Crippen LogP contribution is 2.05. The van der Waals surface area contributed by atoms with E-state index in [0.717, 1.165) is 18.5 Å². The summed E-state index contributed by atoms with van der Waals surface area (Å²) in [5.41, 5.74) is 7.52. The predicted molar refractivity (Wildman–Crippen MR) is 50.4 cm³/mol. The number of hydrogen-bond donors (Lipinski definition) is 1. The number of rotatable bonds is 3. The Morgan fingerprint density at radius 1 is 1.38 bits per heavy atom. The van der Waals surface area contributed by atoms with Crippen molar-refractivity contribution in [3.8, 4) is 0 Å². The van der Waals surface area contributed by atoms with Crippen molar-refractivity contribution >= 4 is 5.65 Å². The number of aromatic nitrogens is 3. The molecule has 0 radical (unpaired) electrons. The Morgan fingerprint density at radius 2 is 2.31 bits per heavy atom. The molecule has 0 aliphatic heterocycles. The fraction of sp³-hybridized carbons (Fsp3) is 0.333. The maximum absolute atomic E-state index is 5.45. The second kappa shape index (κ2) is 3.53. The average Bonchev–Trinajstić information content (AvgIpc) is 2.62. The smallest absolute Gasteiger partial charge is 0.155 e. The molecule has 0 aliphatic rings. The third-order valence-corrected chi connectivity index (χ3v) is 2.02. The molecule has 2 aromatic heterocycles. The summed E-state index contributed by atoms with van der Waals surface area (Å²) in [5.74, 6) is 0. The summed E-state index contributed by atoms with van der Waals surface area (Å²) in [6.07, 6.45) is 3.51. The summed E-state index contributed by atoms with van der Waals surface area (Å²) < 4.78 is 1.86. The van der Waals surface area contributed by atoms with Crippen LogP contribution in [0.5, 0.6) is 0 Å². The first-order chi connectivity index (χ1) is 6.42. The molecule has 4 nitrogen and oxygen atoms in total. The van der Waals surface area contributed by atoms with Gasteiger partial charge in [0.2, 0.25) is 0 Å². The number of nitrogens with zero attached hydrogens (tertiary/aromatic N) is 3. The fourth-order valence-corrected chi connectivity index (χ4v) is 1.37. The highest BCUT2D eigenvalue weighted by Gasteiger charge is 2.00. The van der Waals surface area contributed by atoms with Crippen LogP contribution >= 0.6 is 0 Å². The van der Waals surface area contributed by atoms with Gasteiger partial charge in [-0.25, -0.2) is 9.50 Å². The van der Waals surface area contributed by atoms with Crippen LogP contribution in [0.2, 0.25) is 0 Å². The Bertz CT molecular complexity index is 393. The molecule has 0 unspecified atom stereocenters. The van der Waals surface area contributed by atoms with Gasteiger partial charge in [0.1, 0.15) is 6.33 Å². The molecule has 4 heteroatoms. The standard InChI is InChI=1S/C9H12N4/c10-6-2-4-8-3-1-5-9-11-7-12-13(8)9/h1,3,5,7H,2,4,6,10H2. The van der Waals surface area contributed by atoms with Crippen LogP contribution in [0, 0.1) is 0 Å². The summed E-state index contributed by atoms with van der Waals surface area (Å²) in [7, 11) is 0. The van der Waals surface area contributed by atoms with Crippen LogP contribution in [0.15, 0.2) is 24.5 Å². The summed E-state index contributed by atoms with van der Waals surface area (Å²) in [6, 6.07) is 5.99. The van der Waals surface area contributed by atoms with Gasteiger partial charge in [-0.3, -0.25) is 0 Å². The van der Waals surface area contributed by atoms with Crippen molar-refractivity contribution in [3.63, 3.8) is 0 Å². The molecule has 2 heterocycles. The van der Waals surface area contributed by atoms with E-state index in [1.807, 2.05) is 16.6 Å². The van der Waals surface area contributed by atoms with Crippen LogP contribution in [-0.4, -0.2) is 21.1 Å². The minimum Gasteiger partial charge on any atom is -0.330 e. The number of aryl methyl sites for hydroxylation is 1. The van der Waals surface area contributed by atoms with E-state index < -0.39 is 0 Å². The zero-order valence-electron chi connectivity index (χ0n) is 7.35. The van der Waals surface area contributed by atoms with E-state index in [2.05, 4.69) is 16.1 Å². The normalized spacial score (nSPS) is 10.8. The van der Waals surface area contributed by atoms with Crippen LogP contribution in [0.25, 0.3) is 5.65 Å². The minimum absolute atomic E-state index is 0.713. The first kappa shape index (κ1) is 8.19. The van der Waals surface area contributed by atoms with Crippen LogP contribution in [0.3, 0.4) is 0 Å². The summed E-state index contributed by atoms with van der Waals surface area (Å²) in [4.78, 5) is 4.11. The summed E-state index contributed by atoms with van der Waals surface area (Å²) >= 11 is 0. The summed E-state index contributed by atoms with van der Waals surface area (Å²) in [5, 5.41) is 4.14. The van der Waals surface area contributed by atoms with Gasteiger partial charge in [0.25, 0.3) is 0 Å². The van der Waals surface area contributed by atoms with Crippen LogP contribution in [0.1, 0.15) is 12.1 Å². The monoisotopic (exact) mass is 176 g/mol. The number of pyridine rings is 1. The Balaban J connectivity index is 2.37. The number of hydrogen-bond acceptors (Lipinski definition) is 3. The van der Waals surface area contributed by atoms with Gasteiger partial charge in [0.05, 0.1) is 0 Å². The lowest BCUT2D eigenvalue weighted by molar-refractivity contribution is 0.767. The van der Waals surface area contributed by atoms with Crippen molar-refractivity contribution < 1.29 is 0 Å².